The third kappa shape index (κ3) is 3.20. The maximum atomic E-state index is 11.8. The van der Waals surface area contributed by atoms with E-state index in [0.29, 0.717) is 17.9 Å². The van der Waals surface area contributed by atoms with Crippen LogP contribution in [0.2, 0.25) is 0 Å². The second-order valence-corrected chi connectivity index (χ2v) is 4.22. The zero-order chi connectivity index (χ0) is 13.6. The van der Waals surface area contributed by atoms with Crippen molar-refractivity contribution < 1.29 is 9.53 Å². The molecule has 0 saturated heterocycles. The van der Waals surface area contributed by atoms with Crippen LogP contribution in [-0.4, -0.2) is 23.6 Å². The van der Waals surface area contributed by atoms with Crippen LogP contribution in [0.1, 0.15) is 32.4 Å². The molecule has 0 saturated carbocycles. The number of carbonyl (C=O) groups excluding carboxylic acids is 1. The fourth-order valence-electron chi connectivity index (χ4n) is 1.79. The van der Waals surface area contributed by atoms with Crippen molar-refractivity contribution >= 4 is 11.8 Å². The predicted octanol–water partition coefficient (Wildman–Crippen LogP) is 2.10. The fourth-order valence-corrected chi connectivity index (χ4v) is 1.79. The Hall–Kier alpha value is -2.09. The van der Waals surface area contributed by atoms with Crippen molar-refractivity contribution in [2.24, 2.45) is 0 Å². The Kier molecular flexibility index (Phi) is 4.67. The number of nitriles is 1. The molecule has 0 aliphatic carbocycles. The van der Waals surface area contributed by atoms with Crippen LogP contribution < -0.4 is 5.32 Å². The maximum absolute atomic E-state index is 11.8. The Bertz CT molecular complexity index is 468. The zero-order valence-corrected chi connectivity index (χ0v) is 10.9. The number of pyridine rings is 1. The molecule has 0 aromatic carbocycles. The number of nitrogens with zero attached hydrogens (tertiary/aromatic N) is 2. The number of hydrogen-bond acceptors (Lipinski definition) is 5. The third-order valence-electron chi connectivity index (χ3n) is 2.65. The summed E-state index contributed by atoms with van der Waals surface area (Å²) >= 11 is 0. The highest BCUT2D eigenvalue weighted by Gasteiger charge is 2.33. The molecule has 0 aliphatic rings. The maximum Gasteiger partial charge on any atom is 0.331 e. The Morgan fingerprint density at radius 2 is 2.33 bits per heavy atom. The van der Waals surface area contributed by atoms with E-state index in [4.69, 9.17) is 10.00 Å². The molecule has 1 N–H and O–H groups in total. The van der Waals surface area contributed by atoms with E-state index < -0.39 is 5.54 Å². The van der Waals surface area contributed by atoms with Gasteiger partial charge in [-0.2, -0.15) is 5.26 Å². The summed E-state index contributed by atoms with van der Waals surface area (Å²) in [6.07, 6.45) is 1.45. The SMILES string of the molecule is CCCC(C)(Nc1cccc(C#N)n1)C(=O)OC. The summed E-state index contributed by atoms with van der Waals surface area (Å²) in [6, 6.07) is 7.01. The van der Waals surface area contributed by atoms with Gasteiger partial charge in [-0.1, -0.05) is 19.4 Å². The van der Waals surface area contributed by atoms with Crippen molar-refractivity contribution in [3.05, 3.63) is 23.9 Å². The van der Waals surface area contributed by atoms with Gasteiger partial charge >= 0.3 is 5.97 Å². The van der Waals surface area contributed by atoms with E-state index >= 15 is 0 Å². The highest BCUT2D eigenvalue weighted by molar-refractivity contribution is 5.83. The predicted molar refractivity (Wildman–Crippen MR) is 67.9 cm³/mol. The normalized spacial score (nSPS) is 13.2. The standard InChI is InChI=1S/C13H17N3O2/c1-4-8-13(2,12(17)18-3)16-11-7-5-6-10(9-14)15-11/h5-7H,4,8H2,1-3H3,(H,15,16). The number of esters is 1. The Morgan fingerprint density at radius 3 is 2.89 bits per heavy atom. The molecule has 1 unspecified atom stereocenters. The first kappa shape index (κ1) is 14.0. The molecule has 1 atom stereocenters. The highest BCUT2D eigenvalue weighted by Crippen LogP contribution is 2.20. The van der Waals surface area contributed by atoms with Crippen LogP contribution in [0.15, 0.2) is 18.2 Å². The van der Waals surface area contributed by atoms with E-state index in [-0.39, 0.29) is 5.97 Å². The van der Waals surface area contributed by atoms with Crippen LogP contribution >= 0.6 is 0 Å². The van der Waals surface area contributed by atoms with Crippen LogP contribution in [0.4, 0.5) is 5.82 Å². The molecule has 0 spiro atoms. The average molecular weight is 247 g/mol. The van der Waals surface area contributed by atoms with Gasteiger partial charge < -0.3 is 10.1 Å². The molecule has 0 aliphatic heterocycles. The molecule has 96 valence electrons. The lowest BCUT2D eigenvalue weighted by molar-refractivity contribution is -0.145. The molecule has 0 radical (unpaired) electrons. The summed E-state index contributed by atoms with van der Waals surface area (Å²) in [4.78, 5) is 15.9. The van der Waals surface area contributed by atoms with Crippen molar-refractivity contribution in [1.29, 1.82) is 5.26 Å². The molecular weight excluding hydrogens is 230 g/mol. The molecule has 0 fully saturated rings. The number of aromatic nitrogens is 1. The lowest BCUT2D eigenvalue weighted by Gasteiger charge is -2.28. The number of nitrogens with one attached hydrogen (secondary N) is 1. The summed E-state index contributed by atoms with van der Waals surface area (Å²) in [5, 5.41) is 11.8. The average Bonchev–Trinajstić information content (AvgIpc) is 2.38. The van der Waals surface area contributed by atoms with Crippen molar-refractivity contribution in [2.75, 3.05) is 12.4 Å². The topological polar surface area (TPSA) is 75.0 Å². The first-order valence-corrected chi connectivity index (χ1v) is 5.79. The molecule has 5 heteroatoms. The molecule has 1 aromatic heterocycles. The Balaban J connectivity index is 2.96. The van der Waals surface area contributed by atoms with Gasteiger partial charge in [-0.05, 0) is 25.5 Å². The molecular formula is C13H17N3O2. The molecule has 1 heterocycles. The number of rotatable bonds is 5. The van der Waals surface area contributed by atoms with Crippen molar-refractivity contribution in [3.63, 3.8) is 0 Å². The lowest BCUT2D eigenvalue weighted by Crippen LogP contribution is -2.44. The molecule has 1 aromatic rings. The smallest absolute Gasteiger partial charge is 0.331 e. The number of carbonyl (C=O) groups is 1. The van der Waals surface area contributed by atoms with E-state index in [1.54, 1.807) is 25.1 Å². The molecule has 0 amide bonds. The lowest BCUT2D eigenvalue weighted by atomic mass is 9.96. The van der Waals surface area contributed by atoms with Crippen LogP contribution in [0.25, 0.3) is 0 Å². The third-order valence-corrected chi connectivity index (χ3v) is 2.65. The van der Waals surface area contributed by atoms with Gasteiger partial charge in [0.2, 0.25) is 0 Å². The van der Waals surface area contributed by atoms with E-state index in [0.717, 1.165) is 6.42 Å². The van der Waals surface area contributed by atoms with Crippen LogP contribution in [-0.2, 0) is 9.53 Å². The van der Waals surface area contributed by atoms with Crippen molar-refractivity contribution in [1.82, 2.24) is 4.98 Å². The minimum absolute atomic E-state index is 0.309. The van der Waals surface area contributed by atoms with Crippen molar-refractivity contribution in [2.45, 2.75) is 32.2 Å². The summed E-state index contributed by atoms with van der Waals surface area (Å²) in [5.74, 6) is 0.156. The Morgan fingerprint density at radius 1 is 1.61 bits per heavy atom. The first-order valence-electron chi connectivity index (χ1n) is 5.79. The number of methoxy groups -OCH3 is 1. The van der Waals surface area contributed by atoms with Crippen LogP contribution in [0, 0.1) is 11.3 Å². The second-order valence-electron chi connectivity index (χ2n) is 4.22. The minimum atomic E-state index is -0.829. The largest absolute Gasteiger partial charge is 0.467 e. The first-order chi connectivity index (χ1) is 8.55. The monoisotopic (exact) mass is 247 g/mol. The van der Waals surface area contributed by atoms with Gasteiger partial charge in [0.05, 0.1) is 7.11 Å². The second kappa shape index (κ2) is 6.01. The van der Waals surface area contributed by atoms with Gasteiger partial charge in [0, 0.05) is 0 Å². The Labute approximate surface area is 107 Å². The fraction of sp³-hybridized carbons (Fsp3) is 0.462. The van der Waals surface area contributed by atoms with Gasteiger partial charge in [0.1, 0.15) is 23.1 Å². The number of anilines is 1. The molecule has 1 rings (SSSR count). The van der Waals surface area contributed by atoms with Gasteiger partial charge in [0.15, 0.2) is 0 Å². The van der Waals surface area contributed by atoms with E-state index in [1.807, 2.05) is 13.0 Å². The molecule has 5 nitrogen and oxygen atoms in total. The van der Waals surface area contributed by atoms with Gasteiger partial charge in [-0.3, -0.25) is 0 Å². The van der Waals surface area contributed by atoms with E-state index in [9.17, 15) is 4.79 Å². The molecule has 0 bridgehead atoms. The van der Waals surface area contributed by atoms with Crippen LogP contribution in [0.3, 0.4) is 0 Å². The van der Waals surface area contributed by atoms with Crippen molar-refractivity contribution in [3.8, 4) is 6.07 Å². The number of hydrogen-bond donors (Lipinski definition) is 1. The van der Waals surface area contributed by atoms with Crippen LogP contribution in [0.5, 0.6) is 0 Å². The summed E-state index contributed by atoms with van der Waals surface area (Å²) in [5.41, 5.74) is -0.520. The summed E-state index contributed by atoms with van der Waals surface area (Å²) < 4.78 is 4.80. The zero-order valence-electron chi connectivity index (χ0n) is 10.9. The quantitative estimate of drug-likeness (QED) is 0.806. The summed E-state index contributed by atoms with van der Waals surface area (Å²) in [6.45, 7) is 3.76. The van der Waals surface area contributed by atoms with Gasteiger partial charge in [0.25, 0.3) is 0 Å². The van der Waals surface area contributed by atoms with E-state index in [1.165, 1.54) is 7.11 Å². The van der Waals surface area contributed by atoms with Gasteiger partial charge in [-0.15, -0.1) is 0 Å². The molecule has 18 heavy (non-hydrogen) atoms. The minimum Gasteiger partial charge on any atom is -0.467 e. The highest BCUT2D eigenvalue weighted by atomic mass is 16.5. The van der Waals surface area contributed by atoms with E-state index in [2.05, 4.69) is 10.3 Å². The summed E-state index contributed by atoms with van der Waals surface area (Å²) in [7, 11) is 1.36. The van der Waals surface area contributed by atoms with Gasteiger partial charge in [-0.25, -0.2) is 9.78 Å². The number of ether oxygens (including phenoxy) is 1.